The van der Waals surface area contributed by atoms with E-state index in [2.05, 4.69) is 15.0 Å². The van der Waals surface area contributed by atoms with Crippen molar-refractivity contribution in [1.82, 2.24) is 9.55 Å². The van der Waals surface area contributed by atoms with Crippen LogP contribution in [0.4, 0.5) is 11.6 Å². The highest BCUT2D eigenvalue weighted by Gasteiger charge is 2.17. The van der Waals surface area contributed by atoms with Crippen molar-refractivity contribution < 1.29 is 13.2 Å². The molecule has 1 heterocycles. The topological polar surface area (TPSA) is 93.1 Å². The maximum Gasteiger partial charge on any atom is 0.264 e. The van der Waals surface area contributed by atoms with Crippen molar-refractivity contribution in [1.29, 1.82) is 0 Å². The number of amides is 1. The molecule has 0 saturated heterocycles. The summed E-state index contributed by atoms with van der Waals surface area (Å²) in [7, 11) is -3.79. The van der Waals surface area contributed by atoms with Crippen LogP contribution in [-0.4, -0.2) is 23.9 Å². The van der Waals surface area contributed by atoms with Crippen molar-refractivity contribution in [2.75, 3.05) is 10.0 Å². The number of hydrogen-bond donors (Lipinski definition) is 2. The van der Waals surface area contributed by atoms with Gasteiger partial charge in [0, 0.05) is 25.0 Å². The molecular formula is C18H18N4O3S. The molecule has 3 aromatic rings. The van der Waals surface area contributed by atoms with Gasteiger partial charge in [-0.05, 0) is 29.8 Å². The van der Waals surface area contributed by atoms with Crippen LogP contribution in [-0.2, 0) is 21.4 Å². The zero-order valence-corrected chi connectivity index (χ0v) is 14.9. The largest absolute Gasteiger partial charge is 0.326 e. The fraction of sp³-hybridized carbons (Fsp3) is 0.111. The summed E-state index contributed by atoms with van der Waals surface area (Å²) in [6.07, 6.45) is 3.26. The second-order valence-electron chi connectivity index (χ2n) is 5.68. The number of nitrogens with zero attached hydrogens (tertiary/aromatic N) is 2. The molecule has 1 aromatic heterocycles. The molecule has 0 bridgehead atoms. The summed E-state index contributed by atoms with van der Waals surface area (Å²) in [4.78, 5) is 15.2. The third-order valence-corrected chi connectivity index (χ3v) is 4.97. The SMILES string of the molecule is CC(=O)Nc1ccc(S(=O)(=O)Nc2nccn2Cc2ccccc2)cc1. The highest BCUT2D eigenvalue weighted by molar-refractivity contribution is 7.92. The number of aromatic nitrogens is 2. The van der Waals surface area contributed by atoms with Crippen LogP contribution in [0.25, 0.3) is 0 Å². The minimum atomic E-state index is -3.79. The summed E-state index contributed by atoms with van der Waals surface area (Å²) >= 11 is 0. The van der Waals surface area contributed by atoms with Crippen LogP contribution in [0.3, 0.4) is 0 Å². The van der Waals surface area contributed by atoms with Gasteiger partial charge in [0.15, 0.2) is 0 Å². The average molecular weight is 370 g/mol. The van der Waals surface area contributed by atoms with Crippen molar-refractivity contribution >= 4 is 27.6 Å². The Balaban J connectivity index is 1.78. The van der Waals surface area contributed by atoms with E-state index in [0.717, 1.165) is 5.56 Å². The summed E-state index contributed by atoms with van der Waals surface area (Å²) < 4.78 is 29.4. The second-order valence-corrected chi connectivity index (χ2v) is 7.36. The molecule has 2 aromatic carbocycles. The lowest BCUT2D eigenvalue weighted by atomic mass is 10.2. The van der Waals surface area contributed by atoms with Gasteiger partial charge in [0.2, 0.25) is 11.9 Å². The third-order valence-electron chi connectivity index (χ3n) is 3.62. The molecule has 0 aliphatic heterocycles. The molecule has 1 amide bonds. The zero-order valence-electron chi connectivity index (χ0n) is 14.1. The van der Waals surface area contributed by atoms with Gasteiger partial charge in [-0.2, -0.15) is 0 Å². The molecule has 3 rings (SSSR count). The molecular weight excluding hydrogens is 352 g/mol. The molecule has 2 N–H and O–H groups in total. The molecule has 0 fully saturated rings. The van der Waals surface area contributed by atoms with E-state index in [1.165, 1.54) is 31.2 Å². The molecule has 26 heavy (non-hydrogen) atoms. The van der Waals surface area contributed by atoms with E-state index in [0.29, 0.717) is 12.2 Å². The van der Waals surface area contributed by atoms with E-state index in [9.17, 15) is 13.2 Å². The van der Waals surface area contributed by atoms with Crippen LogP contribution in [0.15, 0.2) is 71.9 Å². The van der Waals surface area contributed by atoms with E-state index < -0.39 is 10.0 Å². The quantitative estimate of drug-likeness (QED) is 0.698. The summed E-state index contributed by atoms with van der Waals surface area (Å²) in [6.45, 7) is 1.89. The Labute approximate surface area is 151 Å². The Hall–Kier alpha value is -3.13. The number of sulfonamides is 1. The van der Waals surface area contributed by atoms with Crippen molar-refractivity contribution in [3.63, 3.8) is 0 Å². The lowest BCUT2D eigenvalue weighted by molar-refractivity contribution is -0.114. The Morgan fingerprint density at radius 3 is 2.42 bits per heavy atom. The summed E-state index contributed by atoms with van der Waals surface area (Å²) in [5, 5.41) is 2.59. The van der Waals surface area contributed by atoms with Crippen molar-refractivity contribution in [3.8, 4) is 0 Å². The van der Waals surface area contributed by atoms with Gasteiger partial charge >= 0.3 is 0 Å². The Morgan fingerprint density at radius 2 is 1.77 bits per heavy atom. The van der Waals surface area contributed by atoms with E-state index in [1.807, 2.05) is 30.3 Å². The van der Waals surface area contributed by atoms with Crippen LogP contribution in [0.5, 0.6) is 0 Å². The molecule has 0 unspecified atom stereocenters. The third kappa shape index (κ3) is 4.28. The highest BCUT2D eigenvalue weighted by atomic mass is 32.2. The number of benzene rings is 2. The van der Waals surface area contributed by atoms with Gasteiger partial charge in [-0.25, -0.2) is 18.1 Å². The minimum absolute atomic E-state index is 0.0841. The summed E-state index contributed by atoms with van der Waals surface area (Å²) in [5.41, 5.74) is 1.56. The average Bonchev–Trinajstić information content (AvgIpc) is 3.02. The lowest BCUT2D eigenvalue weighted by Gasteiger charge is -2.11. The van der Waals surface area contributed by atoms with E-state index >= 15 is 0 Å². The Morgan fingerprint density at radius 1 is 1.08 bits per heavy atom. The van der Waals surface area contributed by atoms with Gasteiger partial charge < -0.3 is 9.88 Å². The number of imidazole rings is 1. The van der Waals surface area contributed by atoms with Gasteiger partial charge in [-0.15, -0.1) is 0 Å². The Kier molecular flexibility index (Phi) is 5.04. The summed E-state index contributed by atoms with van der Waals surface area (Å²) in [6, 6.07) is 15.6. The first-order valence-corrected chi connectivity index (χ1v) is 9.38. The molecule has 134 valence electrons. The molecule has 0 saturated carbocycles. The molecule has 0 aliphatic rings. The van der Waals surface area contributed by atoms with Crippen LogP contribution in [0, 0.1) is 0 Å². The summed E-state index contributed by atoms with van der Waals surface area (Å²) in [5.74, 6) is 0.0152. The first-order valence-electron chi connectivity index (χ1n) is 7.89. The van der Waals surface area contributed by atoms with Gasteiger partial charge in [-0.1, -0.05) is 30.3 Å². The fourth-order valence-electron chi connectivity index (χ4n) is 2.42. The lowest BCUT2D eigenvalue weighted by Crippen LogP contribution is -2.17. The molecule has 0 spiro atoms. The maximum absolute atomic E-state index is 12.6. The highest BCUT2D eigenvalue weighted by Crippen LogP contribution is 2.18. The van der Waals surface area contributed by atoms with Crippen LogP contribution < -0.4 is 10.0 Å². The molecule has 8 heteroatoms. The smallest absolute Gasteiger partial charge is 0.264 e. The van der Waals surface area contributed by atoms with Gasteiger partial charge in [0.05, 0.1) is 11.4 Å². The number of carbonyl (C=O) groups excluding carboxylic acids is 1. The number of anilines is 2. The zero-order chi connectivity index (χ0) is 18.6. The van der Waals surface area contributed by atoms with Crippen LogP contribution >= 0.6 is 0 Å². The molecule has 0 atom stereocenters. The van der Waals surface area contributed by atoms with Crippen molar-refractivity contribution in [2.45, 2.75) is 18.4 Å². The van der Waals surface area contributed by atoms with Gasteiger partial charge in [-0.3, -0.25) is 4.79 Å². The number of carbonyl (C=O) groups is 1. The van der Waals surface area contributed by atoms with E-state index in [1.54, 1.807) is 17.0 Å². The number of rotatable bonds is 6. The number of hydrogen-bond acceptors (Lipinski definition) is 4. The minimum Gasteiger partial charge on any atom is -0.326 e. The van der Waals surface area contributed by atoms with E-state index in [-0.39, 0.29) is 16.8 Å². The van der Waals surface area contributed by atoms with Crippen molar-refractivity contribution in [3.05, 3.63) is 72.6 Å². The standard InChI is InChI=1S/C18H18N4O3S/c1-14(23)20-16-7-9-17(10-8-16)26(24,25)21-18-19-11-12-22(18)13-15-5-3-2-4-6-15/h2-12H,13H2,1H3,(H,19,21)(H,20,23). The normalized spacial score (nSPS) is 11.1. The van der Waals surface area contributed by atoms with Crippen LogP contribution in [0.2, 0.25) is 0 Å². The maximum atomic E-state index is 12.6. The Bertz CT molecular complexity index is 996. The van der Waals surface area contributed by atoms with Crippen LogP contribution in [0.1, 0.15) is 12.5 Å². The van der Waals surface area contributed by atoms with E-state index in [4.69, 9.17) is 0 Å². The van der Waals surface area contributed by atoms with Crippen molar-refractivity contribution in [2.24, 2.45) is 0 Å². The van der Waals surface area contributed by atoms with Gasteiger partial charge in [0.1, 0.15) is 0 Å². The first kappa shape index (κ1) is 17.7. The fourth-order valence-corrected chi connectivity index (χ4v) is 3.44. The first-order chi connectivity index (χ1) is 12.4. The molecule has 0 radical (unpaired) electrons. The second kappa shape index (κ2) is 7.40. The predicted molar refractivity (Wildman–Crippen MR) is 99.3 cm³/mol. The predicted octanol–water partition coefficient (Wildman–Crippen LogP) is 2.69. The molecule has 0 aliphatic carbocycles. The monoisotopic (exact) mass is 370 g/mol. The molecule has 7 nitrogen and oxygen atoms in total. The number of nitrogens with one attached hydrogen (secondary N) is 2. The van der Waals surface area contributed by atoms with Gasteiger partial charge in [0.25, 0.3) is 10.0 Å².